The minimum absolute atomic E-state index is 0.124. The van der Waals surface area contributed by atoms with Crippen LogP contribution in [-0.4, -0.2) is 42.0 Å². The van der Waals surface area contributed by atoms with Crippen LogP contribution in [0.5, 0.6) is 0 Å². The zero-order valence-corrected chi connectivity index (χ0v) is 26.4. The molecule has 43 heavy (non-hydrogen) atoms. The third-order valence-electron chi connectivity index (χ3n) is 10.6. The maximum Gasteiger partial charge on any atom is 0.258 e. The Morgan fingerprint density at radius 3 is 2.23 bits per heavy atom. The molecule has 2 heterocycles. The molecular weight excluding hydrogens is 580 g/mol. The summed E-state index contributed by atoms with van der Waals surface area (Å²) in [6, 6.07) is 16.5. The zero-order chi connectivity index (χ0) is 29.9. The van der Waals surface area contributed by atoms with Gasteiger partial charge in [0.2, 0.25) is 10.0 Å². The molecule has 9 heteroatoms. The van der Waals surface area contributed by atoms with Gasteiger partial charge in [-0.15, -0.1) is 0 Å². The van der Waals surface area contributed by atoms with Crippen LogP contribution in [-0.2, 0) is 20.2 Å². The third-order valence-corrected chi connectivity index (χ3v) is 12.7. The molecule has 226 valence electrons. The van der Waals surface area contributed by atoms with E-state index in [4.69, 9.17) is 11.6 Å². The van der Waals surface area contributed by atoms with Crippen LogP contribution in [0.25, 0.3) is 5.69 Å². The molecule has 2 aromatic carbocycles. The number of amides is 1. The topological polar surface area (TPSA) is 83.8 Å². The molecule has 1 saturated heterocycles. The number of aryl methyl sites for hydroxylation is 1. The predicted octanol–water partition coefficient (Wildman–Crippen LogP) is 6.52. The van der Waals surface area contributed by atoms with E-state index in [0.717, 1.165) is 40.4 Å². The Balaban J connectivity index is 1.04. The van der Waals surface area contributed by atoms with Crippen LogP contribution in [0.1, 0.15) is 73.9 Å². The fraction of sp³-hybridized carbons (Fsp3) is 0.471. The van der Waals surface area contributed by atoms with Gasteiger partial charge < -0.3 is 4.57 Å². The highest BCUT2D eigenvalue weighted by Gasteiger charge is 2.51. The molecule has 4 bridgehead atoms. The van der Waals surface area contributed by atoms with Gasteiger partial charge in [0.1, 0.15) is 6.04 Å². The van der Waals surface area contributed by atoms with Crippen LogP contribution in [0.4, 0.5) is 0 Å². The molecule has 5 aliphatic rings. The number of nitrogens with one attached hydrogen (secondary N) is 1. The lowest BCUT2D eigenvalue weighted by molar-refractivity contribution is -0.124. The molecule has 1 aromatic heterocycles. The molecular formula is C34H39ClN4O3S. The quantitative estimate of drug-likeness (QED) is 0.242. The molecule has 0 unspecified atom stereocenters. The fourth-order valence-electron chi connectivity index (χ4n) is 9.02. The van der Waals surface area contributed by atoms with Gasteiger partial charge in [0.15, 0.2) is 0 Å². The number of aromatic nitrogens is 1. The first kappa shape index (κ1) is 28.8. The summed E-state index contributed by atoms with van der Waals surface area (Å²) in [5.41, 5.74) is 8.64. The van der Waals surface area contributed by atoms with Crippen molar-refractivity contribution in [2.75, 3.05) is 6.54 Å². The van der Waals surface area contributed by atoms with E-state index in [9.17, 15) is 13.2 Å². The minimum atomic E-state index is -3.82. The Morgan fingerprint density at radius 1 is 0.977 bits per heavy atom. The molecule has 4 saturated carbocycles. The van der Waals surface area contributed by atoms with E-state index in [0.29, 0.717) is 23.3 Å². The van der Waals surface area contributed by atoms with E-state index < -0.39 is 22.0 Å². The van der Waals surface area contributed by atoms with Crippen molar-refractivity contribution in [1.82, 2.24) is 14.3 Å². The smallest absolute Gasteiger partial charge is 0.258 e. The molecule has 0 spiro atoms. The first-order chi connectivity index (χ1) is 20.6. The lowest BCUT2D eigenvalue weighted by Gasteiger charge is -2.57. The summed E-state index contributed by atoms with van der Waals surface area (Å²) in [7, 11) is -3.82. The van der Waals surface area contributed by atoms with E-state index >= 15 is 0 Å². The predicted molar refractivity (Wildman–Crippen MR) is 169 cm³/mol. The molecule has 4 aliphatic carbocycles. The number of benzene rings is 2. The molecule has 7 nitrogen and oxygen atoms in total. The number of sulfonamides is 1. The Bertz CT molecular complexity index is 1640. The van der Waals surface area contributed by atoms with Gasteiger partial charge in [-0.1, -0.05) is 23.7 Å². The standard InChI is InChI=1S/C34H39ClN4O3S/c1-22-14-27(21-36-37-33(40)32-4-3-13-38(32)43(41,42)31-11-7-29(35)8-12-31)23(2)39(22)30-9-5-28(6-10-30)34-18-24-15-25(19-34)17-26(16-24)20-34/h5-12,14,21,24-26,32H,3-4,13,15-20H2,1-2H3,(H,37,40)/b36-21-/t24?,25?,26?,32-,34?/m1/s1. The van der Waals surface area contributed by atoms with Crippen molar-refractivity contribution in [1.29, 1.82) is 0 Å². The normalized spacial score (nSPS) is 28.6. The van der Waals surface area contributed by atoms with Crippen LogP contribution in [0.2, 0.25) is 5.02 Å². The summed E-state index contributed by atoms with van der Waals surface area (Å²) < 4.78 is 29.9. The average molecular weight is 619 g/mol. The van der Waals surface area contributed by atoms with Crippen molar-refractivity contribution in [2.45, 2.75) is 81.6 Å². The van der Waals surface area contributed by atoms with E-state index in [2.05, 4.69) is 59.3 Å². The van der Waals surface area contributed by atoms with Gasteiger partial charge >= 0.3 is 0 Å². The number of rotatable bonds is 7. The second-order valence-electron chi connectivity index (χ2n) is 13.4. The number of hydrazone groups is 1. The summed E-state index contributed by atoms with van der Waals surface area (Å²) in [4.78, 5) is 13.2. The van der Waals surface area contributed by atoms with Crippen LogP contribution < -0.4 is 5.43 Å². The maximum atomic E-state index is 13.2. The lowest BCUT2D eigenvalue weighted by atomic mass is 9.48. The Hall–Kier alpha value is -2.94. The number of nitrogens with zero attached hydrogens (tertiary/aromatic N) is 3. The van der Waals surface area contributed by atoms with Crippen LogP contribution in [0.15, 0.2) is 64.6 Å². The summed E-state index contributed by atoms with van der Waals surface area (Å²) >= 11 is 5.93. The minimum Gasteiger partial charge on any atom is -0.318 e. The molecule has 1 amide bonds. The van der Waals surface area contributed by atoms with Gasteiger partial charge in [-0.25, -0.2) is 13.8 Å². The monoisotopic (exact) mass is 618 g/mol. The fourth-order valence-corrected chi connectivity index (χ4v) is 10.8. The van der Waals surface area contributed by atoms with E-state index in [1.54, 1.807) is 6.21 Å². The molecule has 1 aliphatic heterocycles. The van der Waals surface area contributed by atoms with Gasteiger partial charge in [-0.3, -0.25) is 4.79 Å². The van der Waals surface area contributed by atoms with E-state index in [1.807, 2.05) is 0 Å². The Labute approximate surface area is 259 Å². The van der Waals surface area contributed by atoms with Crippen molar-refractivity contribution in [3.05, 3.63) is 82.1 Å². The lowest BCUT2D eigenvalue weighted by Crippen LogP contribution is -2.48. The SMILES string of the molecule is Cc1cc(/C=N\NC(=O)[C@H]2CCCN2S(=O)(=O)c2ccc(Cl)cc2)c(C)n1-c1ccc(C23CC4CC(CC(C4)C2)C3)cc1. The van der Waals surface area contributed by atoms with E-state index in [-0.39, 0.29) is 11.4 Å². The van der Waals surface area contributed by atoms with Crippen LogP contribution in [0.3, 0.4) is 0 Å². The highest BCUT2D eigenvalue weighted by Crippen LogP contribution is 2.60. The number of carbonyl (C=O) groups excluding carboxylic acids is 1. The molecule has 3 aromatic rings. The van der Waals surface area contributed by atoms with Crippen molar-refractivity contribution >= 4 is 33.7 Å². The molecule has 1 atom stereocenters. The maximum absolute atomic E-state index is 13.2. The van der Waals surface area contributed by atoms with Crippen LogP contribution in [0, 0.1) is 31.6 Å². The summed E-state index contributed by atoms with van der Waals surface area (Å²) in [6.45, 7) is 4.42. The summed E-state index contributed by atoms with van der Waals surface area (Å²) in [5.74, 6) is 2.34. The van der Waals surface area contributed by atoms with Crippen LogP contribution >= 0.6 is 11.6 Å². The average Bonchev–Trinajstić information content (AvgIpc) is 3.58. The number of carbonyl (C=O) groups is 1. The molecule has 8 rings (SSSR count). The molecule has 5 fully saturated rings. The van der Waals surface area contributed by atoms with Crippen molar-refractivity contribution < 1.29 is 13.2 Å². The highest BCUT2D eigenvalue weighted by atomic mass is 35.5. The van der Waals surface area contributed by atoms with Gasteiger partial charge in [0, 0.05) is 34.2 Å². The van der Waals surface area contributed by atoms with Gasteiger partial charge in [0.05, 0.1) is 11.1 Å². The second kappa shape index (κ2) is 10.9. The zero-order valence-electron chi connectivity index (χ0n) is 24.8. The van der Waals surface area contributed by atoms with Gasteiger partial charge in [0.25, 0.3) is 5.91 Å². The molecule has 0 radical (unpaired) electrons. The Kier molecular flexibility index (Phi) is 7.30. The van der Waals surface area contributed by atoms with Crippen molar-refractivity contribution in [2.24, 2.45) is 22.9 Å². The Morgan fingerprint density at radius 2 is 1.60 bits per heavy atom. The third kappa shape index (κ3) is 5.15. The van der Waals surface area contributed by atoms with Crippen molar-refractivity contribution in [3.63, 3.8) is 0 Å². The van der Waals surface area contributed by atoms with Crippen molar-refractivity contribution in [3.8, 4) is 5.69 Å². The van der Waals surface area contributed by atoms with Gasteiger partial charge in [-0.05, 0) is 136 Å². The second-order valence-corrected chi connectivity index (χ2v) is 15.7. The van der Waals surface area contributed by atoms with E-state index in [1.165, 1.54) is 72.7 Å². The first-order valence-corrected chi connectivity index (χ1v) is 17.3. The summed E-state index contributed by atoms with van der Waals surface area (Å²) in [6.07, 6.45) is 11.1. The molecule has 1 N–H and O–H groups in total. The largest absolute Gasteiger partial charge is 0.318 e. The number of halogens is 1. The first-order valence-electron chi connectivity index (χ1n) is 15.5. The number of hydrogen-bond acceptors (Lipinski definition) is 4. The highest BCUT2D eigenvalue weighted by molar-refractivity contribution is 7.89. The number of hydrogen-bond donors (Lipinski definition) is 1. The van der Waals surface area contributed by atoms with Gasteiger partial charge in [-0.2, -0.15) is 9.41 Å². The summed E-state index contributed by atoms with van der Waals surface area (Å²) in [5, 5.41) is 4.70.